The summed E-state index contributed by atoms with van der Waals surface area (Å²) < 4.78 is 14.4. The molecule has 23 heavy (non-hydrogen) atoms. The Morgan fingerprint density at radius 1 is 1.13 bits per heavy atom. The molecule has 0 aliphatic carbocycles. The van der Waals surface area contributed by atoms with Crippen LogP contribution in [0.5, 0.6) is 0 Å². The molecule has 0 fully saturated rings. The summed E-state index contributed by atoms with van der Waals surface area (Å²) in [7, 11) is 0. The Balaban J connectivity index is 1.99. The van der Waals surface area contributed by atoms with E-state index in [4.69, 9.17) is 0 Å². The molecular weight excluding hydrogens is 291 g/mol. The number of rotatable bonds is 2. The highest BCUT2D eigenvalue weighted by Crippen LogP contribution is 2.30. The Morgan fingerprint density at radius 2 is 1.83 bits per heavy atom. The highest BCUT2D eigenvalue weighted by Gasteiger charge is 2.30. The fraction of sp³-hybridized carbons (Fsp3) is 0.0526. The van der Waals surface area contributed by atoms with Crippen molar-refractivity contribution in [3.63, 3.8) is 0 Å². The highest BCUT2D eigenvalue weighted by molar-refractivity contribution is 6.09. The van der Waals surface area contributed by atoms with Crippen LogP contribution in [0.25, 0.3) is 12.2 Å². The second-order valence-electron chi connectivity index (χ2n) is 5.07. The normalized spacial score (nSPS) is 16.6. The molecule has 0 bridgehead atoms. The summed E-state index contributed by atoms with van der Waals surface area (Å²) in [5.41, 5.74) is 1.90. The monoisotopic (exact) mass is 304 g/mol. The summed E-state index contributed by atoms with van der Waals surface area (Å²) in [6.07, 6.45) is 4.54. The number of benzene rings is 2. The molecule has 2 aromatic carbocycles. The van der Waals surface area contributed by atoms with Crippen molar-refractivity contribution in [2.45, 2.75) is 6.04 Å². The summed E-state index contributed by atoms with van der Waals surface area (Å²) in [6, 6.07) is 17.1. The number of para-hydroxylation sites is 1. The van der Waals surface area contributed by atoms with Crippen LogP contribution in [0.15, 0.2) is 66.5 Å². The van der Waals surface area contributed by atoms with Gasteiger partial charge in [-0.2, -0.15) is 5.26 Å². The Hall–Kier alpha value is -3.19. The topological polar surface area (TPSA) is 44.1 Å². The average Bonchev–Trinajstić information content (AvgIpc) is 2.61. The third kappa shape index (κ3) is 2.90. The Kier molecular flexibility index (Phi) is 4.03. The van der Waals surface area contributed by atoms with Crippen LogP contribution in [-0.2, 0) is 4.79 Å². The summed E-state index contributed by atoms with van der Waals surface area (Å²) in [5.74, 6) is -1.72. The zero-order valence-corrected chi connectivity index (χ0v) is 12.2. The fourth-order valence-corrected chi connectivity index (χ4v) is 2.49. The van der Waals surface area contributed by atoms with Crippen LogP contribution < -0.4 is 4.90 Å². The van der Waals surface area contributed by atoms with E-state index in [1.165, 1.54) is 11.0 Å². The first-order valence-corrected chi connectivity index (χ1v) is 7.13. The Labute approximate surface area is 133 Å². The number of carbonyl (C=O) groups is 1. The lowest BCUT2D eigenvalue weighted by atomic mass is 10.0. The van der Waals surface area contributed by atoms with Gasteiger partial charge >= 0.3 is 0 Å². The van der Waals surface area contributed by atoms with Gasteiger partial charge in [-0.3, -0.25) is 9.69 Å². The standard InChI is InChI=1S/C19H13FN2O/c20-17(12-14-6-2-1-3-7-14)19(23)22-16(13-21)11-10-15-8-4-5-9-18(15)22/h1-12,16H/b17-12-. The molecule has 1 aliphatic rings. The number of carbonyl (C=O) groups excluding carboxylic acids is 1. The first kappa shape index (κ1) is 14.7. The average molecular weight is 304 g/mol. The molecule has 1 amide bonds. The van der Waals surface area contributed by atoms with E-state index < -0.39 is 17.8 Å². The number of nitriles is 1. The molecule has 0 saturated carbocycles. The molecule has 1 heterocycles. The van der Waals surface area contributed by atoms with E-state index in [1.54, 1.807) is 48.6 Å². The van der Waals surface area contributed by atoms with Crippen molar-refractivity contribution < 1.29 is 9.18 Å². The van der Waals surface area contributed by atoms with E-state index >= 15 is 0 Å². The van der Waals surface area contributed by atoms with Gasteiger partial charge in [-0.25, -0.2) is 4.39 Å². The van der Waals surface area contributed by atoms with Gasteiger partial charge in [-0.1, -0.05) is 54.6 Å². The van der Waals surface area contributed by atoms with Gasteiger partial charge in [0.05, 0.1) is 11.8 Å². The van der Waals surface area contributed by atoms with Gasteiger partial charge in [0.25, 0.3) is 5.91 Å². The van der Waals surface area contributed by atoms with Gasteiger partial charge in [0.1, 0.15) is 6.04 Å². The van der Waals surface area contributed by atoms with Crippen molar-refractivity contribution in [3.05, 3.63) is 77.6 Å². The van der Waals surface area contributed by atoms with Crippen molar-refractivity contribution in [2.24, 2.45) is 0 Å². The molecule has 1 atom stereocenters. The SMILES string of the molecule is N#CC1C=Cc2ccccc2N1C(=O)/C(F)=C/c1ccccc1. The second kappa shape index (κ2) is 6.29. The third-order valence-electron chi connectivity index (χ3n) is 3.58. The summed E-state index contributed by atoms with van der Waals surface area (Å²) in [5, 5.41) is 9.27. The minimum absolute atomic E-state index is 0.531. The molecule has 3 rings (SSSR count). The molecule has 3 nitrogen and oxygen atoms in total. The minimum Gasteiger partial charge on any atom is -0.286 e. The van der Waals surface area contributed by atoms with Gasteiger partial charge in [0, 0.05) is 0 Å². The highest BCUT2D eigenvalue weighted by atomic mass is 19.1. The number of fused-ring (bicyclic) bond motifs is 1. The van der Waals surface area contributed by atoms with Crippen LogP contribution in [0.1, 0.15) is 11.1 Å². The number of halogens is 1. The van der Waals surface area contributed by atoms with E-state index in [0.29, 0.717) is 11.3 Å². The molecule has 1 aliphatic heterocycles. The van der Waals surface area contributed by atoms with E-state index in [0.717, 1.165) is 5.56 Å². The fourth-order valence-electron chi connectivity index (χ4n) is 2.49. The van der Waals surface area contributed by atoms with Gasteiger partial charge < -0.3 is 0 Å². The van der Waals surface area contributed by atoms with E-state index in [2.05, 4.69) is 0 Å². The van der Waals surface area contributed by atoms with E-state index in [1.807, 2.05) is 24.3 Å². The maximum Gasteiger partial charge on any atom is 0.288 e. The summed E-state index contributed by atoms with van der Waals surface area (Å²) >= 11 is 0. The zero-order valence-electron chi connectivity index (χ0n) is 12.2. The van der Waals surface area contributed by atoms with Crippen molar-refractivity contribution in [3.8, 4) is 6.07 Å². The predicted octanol–water partition coefficient (Wildman–Crippen LogP) is 3.95. The van der Waals surface area contributed by atoms with Gasteiger partial charge in [-0.05, 0) is 29.3 Å². The van der Waals surface area contributed by atoms with Crippen LogP contribution in [-0.4, -0.2) is 11.9 Å². The number of hydrogen-bond acceptors (Lipinski definition) is 2. The molecule has 2 aromatic rings. The number of nitrogens with zero attached hydrogens (tertiary/aromatic N) is 2. The smallest absolute Gasteiger partial charge is 0.286 e. The molecular formula is C19H13FN2O. The molecule has 1 unspecified atom stereocenters. The van der Waals surface area contributed by atoms with Crippen LogP contribution in [0.4, 0.5) is 10.1 Å². The van der Waals surface area contributed by atoms with Crippen LogP contribution in [0, 0.1) is 11.3 Å². The second-order valence-corrected chi connectivity index (χ2v) is 5.07. The maximum absolute atomic E-state index is 14.4. The molecule has 112 valence electrons. The van der Waals surface area contributed by atoms with Gasteiger partial charge in [0.15, 0.2) is 5.83 Å². The van der Waals surface area contributed by atoms with Crippen molar-refractivity contribution in [2.75, 3.05) is 4.90 Å². The first-order chi connectivity index (χ1) is 11.2. The van der Waals surface area contributed by atoms with Crippen molar-refractivity contribution in [1.82, 2.24) is 0 Å². The summed E-state index contributed by atoms with van der Waals surface area (Å²) in [6.45, 7) is 0. The molecule has 0 radical (unpaired) electrons. The molecule has 0 aromatic heterocycles. The van der Waals surface area contributed by atoms with Crippen LogP contribution in [0.3, 0.4) is 0 Å². The number of anilines is 1. The van der Waals surface area contributed by atoms with E-state index in [-0.39, 0.29) is 0 Å². The zero-order chi connectivity index (χ0) is 16.2. The molecule has 0 saturated heterocycles. The third-order valence-corrected chi connectivity index (χ3v) is 3.58. The quantitative estimate of drug-likeness (QED) is 0.789. The van der Waals surface area contributed by atoms with E-state index in [9.17, 15) is 14.4 Å². The lowest BCUT2D eigenvalue weighted by molar-refractivity contribution is -0.116. The molecule has 0 spiro atoms. The van der Waals surface area contributed by atoms with Crippen LogP contribution in [0.2, 0.25) is 0 Å². The van der Waals surface area contributed by atoms with Gasteiger partial charge in [0.2, 0.25) is 0 Å². The van der Waals surface area contributed by atoms with Gasteiger partial charge in [-0.15, -0.1) is 0 Å². The largest absolute Gasteiger partial charge is 0.288 e. The lowest BCUT2D eigenvalue weighted by Gasteiger charge is -2.29. The van der Waals surface area contributed by atoms with Crippen molar-refractivity contribution in [1.29, 1.82) is 5.26 Å². The number of amides is 1. The summed E-state index contributed by atoms with van der Waals surface area (Å²) in [4.78, 5) is 13.7. The van der Waals surface area contributed by atoms with Crippen LogP contribution >= 0.6 is 0 Å². The molecule has 0 N–H and O–H groups in total. The molecule has 4 heteroatoms. The predicted molar refractivity (Wildman–Crippen MR) is 87.9 cm³/mol. The lowest BCUT2D eigenvalue weighted by Crippen LogP contribution is -2.40. The van der Waals surface area contributed by atoms with Crippen molar-refractivity contribution >= 4 is 23.7 Å². The number of hydrogen-bond donors (Lipinski definition) is 0. The minimum atomic E-state index is -0.901. The first-order valence-electron chi connectivity index (χ1n) is 7.13. The maximum atomic E-state index is 14.4. The Morgan fingerprint density at radius 3 is 2.57 bits per heavy atom. The Bertz CT molecular complexity index is 834.